The number of aryl methyl sites for hydroxylation is 1. The van der Waals surface area contributed by atoms with E-state index in [1.807, 2.05) is 19.1 Å². The number of benzene rings is 2. The standard InChI is InChI=1S/C16H12F2I2O3/c1-9-7-10(19)8-13(14(9)20)22-11-3-5-12(6-4-11)23-15(21)16(2,17)18/h3-8H,1-2H3. The van der Waals surface area contributed by atoms with E-state index in [9.17, 15) is 13.6 Å². The molecular weight excluding hydrogens is 532 g/mol. The Kier molecular flexibility index (Phi) is 5.82. The molecule has 2 rings (SSSR count). The number of rotatable bonds is 4. The van der Waals surface area contributed by atoms with E-state index in [1.165, 1.54) is 12.1 Å². The van der Waals surface area contributed by atoms with Crippen LogP contribution in [0.1, 0.15) is 12.5 Å². The molecule has 2 aromatic carbocycles. The molecule has 0 spiro atoms. The quantitative estimate of drug-likeness (QED) is 0.288. The maximum absolute atomic E-state index is 12.8. The van der Waals surface area contributed by atoms with Crippen molar-refractivity contribution in [1.29, 1.82) is 0 Å². The van der Waals surface area contributed by atoms with Gasteiger partial charge in [-0.25, -0.2) is 4.79 Å². The Morgan fingerprint density at radius 1 is 1.09 bits per heavy atom. The summed E-state index contributed by atoms with van der Waals surface area (Å²) in [5, 5.41) is 0. The third-order valence-corrected chi connectivity index (χ3v) is 4.81. The SMILES string of the molecule is Cc1cc(I)cc(Oc2ccc(OC(=O)C(C)(F)F)cc2)c1I. The van der Waals surface area contributed by atoms with Crippen molar-refractivity contribution >= 4 is 51.2 Å². The highest BCUT2D eigenvalue weighted by molar-refractivity contribution is 14.1. The van der Waals surface area contributed by atoms with Gasteiger partial charge in [0.05, 0.1) is 3.57 Å². The Morgan fingerprint density at radius 3 is 2.22 bits per heavy atom. The number of ether oxygens (including phenoxy) is 2. The first kappa shape index (κ1) is 18.4. The Morgan fingerprint density at radius 2 is 1.65 bits per heavy atom. The summed E-state index contributed by atoms with van der Waals surface area (Å²) >= 11 is 4.40. The average molecular weight is 544 g/mol. The molecule has 0 heterocycles. The van der Waals surface area contributed by atoms with Crippen molar-refractivity contribution < 1.29 is 23.0 Å². The van der Waals surface area contributed by atoms with Crippen molar-refractivity contribution in [2.24, 2.45) is 0 Å². The number of hydrogen-bond acceptors (Lipinski definition) is 3. The maximum Gasteiger partial charge on any atom is 0.382 e. The molecule has 23 heavy (non-hydrogen) atoms. The lowest BCUT2D eigenvalue weighted by molar-refractivity contribution is -0.158. The molecule has 0 radical (unpaired) electrons. The number of halogens is 4. The van der Waals surface area contributed by atoms with Gasteiger partial charge < -0.3 is 9.47 Å². The van der Waals surface area contributed by atoms with E-state index >= 15 is 0 Å². The van der Waals surface area contributed by atoms with Crippen LogP contribution in [0.5, 0.6) is 17.2 Å². The molecule has 0 aliphatic heterocycles. The molecule has 7 heteroatoms. The summed E-state index contributed by atoms with van der Waals surface area (Å²) in [5.41, 5.74) is 1.10. The molecule has 0 fully saturated rings. The van der Waals surface area contributed by atoms with Gasteiger partial charge in [-0.2, -0.15) is 8.78 Å². The Balaban J connectivity index is 2.13. The highest BCUT2D eigenvalue weighted by atomic mass is 127. The summed E-state index contributed by atoms with van der Waals surface area (Å²) in [5.74, 6) is -3.85. The number of hydrogen-bond donors (Lipinski definition) is 0. The van der Waals surface area contributed by atoms with Gasteiger partial charge in [0.1, 0.15) is 17.2 Å². The lowest BCUT2D eigenvalue weighted by Gasteiger charge is -2.12. The molecule has 0 bridgehead atoms. The predicted molar refractivity (Wildman–Crippen MR) is 99.4 cm³/mol. The predicted octanol–water partition coefficient (Wildman–Crippen LogP) is 5.56. The molecule has 2 aromatic rings. The zero-order valence-corrected chi connectivity index (χ0v) is 16.5. The van der Waals surface area contributed by atoms with E-state index in [-0.39, 0.29) is 5.75 Å². The molecule has 122 valence electrons. The largest absolute Gasteiger partial charge is 0.456 e. The highest BCUT2D eigenvalue weighted by Crippen LogP contribution is 2.32. The summed E-state index contributed by atoms with van der Waals surface area (Å²) < 4.78 is 38.0. The van der Waals surface area contributed by atoms with Crippen LogP contribution in [0.4, 0.5) is 8.78 Å². The molecule has 0 aliphatic carbocycles. The van der Waals surface area contributed by atoms with Crippen molar-refractivity contribution in [3.05, 3.63) is 49.1 Å². The maximum atomic E-state index is 12.8. The third kappa shape index (κ3) is 5.00. The van der Waals surface area contributed by atoms with Gasteiger partial charge in [0, 0.05) is 10.5 Å². The molecule has 3 nitrogen and oxygen atoms in total. The van der Waals surface area contributed by atoms with Crippen LogP contribution in [0.15, 0.2) is 36.4 Å². The van der Waals surface area contributed by atoms with Crippen LogP contribution in [-0.4, -0.2) is 11.9 Å². The molecular formula is C16H12F2I2O3. The normalized spacial score (nSPS) is 11.2. The average Bonchev–Trinajstić information content (AvgIpc) is 2.45. The van der Waals surface area contributed by atoms with Crippen LogP contribution in [0.2, 0.25) is 0 Å². The fraction of sp³-hybridized carbons (Fsp3) is 0.188. The number of carbonyl (C=O) groups is 1. The van der Waals surface area contributed by atoms with Crippen LogP contribution in [0.25, 0.3) is 0 Å². The van der Waals surface area contributed by atoms with E-state index < -0.39 is 11.9 Å². The minimum atomic E-state index is -3.52. The van der Waals surface area contributed by atoms with Gasteiger partial charge >= 0.3 is 11.9 Å². The van der Waals surface area contributed by atoms with Crippen molar-refractivity contribution in [2.75, 3.05) is 0 Å². The van der Waals surface area contributed by atoms with Gasteiger partial charge in [0.15, 0.2) is 0 Å². The second-order valence-electron chi connectivity index (χ2n) is 4.89. The van der Waals surface area contributed by atoms with Crippen molar-refractivity contribution in [3.63, 3.8) is 0 Å². The molecule has 0 aromatic heterocycles. The monoisotopic (exact) mass is 544 g/mol. The molecule has 0 N–H and O–H groups in total. The molecule has 0 atom stereocenters. The van der Waals surface area contributed by atoms with Crippen LogP contribution in [0, 0.1) is 14.1 Å². The number of alkyl halides is 2. The van der Waals surface area contributed by atoms with Gasteiger partial charge in [-0.3, -0.25) is 0 Å². The summed E-state index contributed by atoms with van der Waals surface area (Å²) in [6.45, 7) is 2.48. The van der Waals surface area contributed by atoms with E-state index in [2.05, 4.69) is 49.9 Å². The van der Waals surface area contributed by atoms with Crippen LogP contribution in [0.3, 0.4) is 0 Å². The van der Waals surface area contributed by atoms with Gasteiger partial charge in [-0.1, -0.05) is 0 Å². The lowest BCUT2D eigenvalue weighted by atomic mass is 10.2. The first-order valence-electron chi connectivity index (χ1n) is 6.50. The van der Waals surface area contributed by atoms with Crippen LogP contribution < -0.4 is 9.47 Å². The number of carbonyl (C=O) groups excluding carboxylic acids is 1. The summed E-state index contributed by atoms with van der Waals surface area (Å²) in [6.07, 6.45) is 0. The Bertz CT molecular complexity index is 725. The molecule has 0 saturated carbocycles. The molecule has 0 aliphatic rings. The minimum Gasteiger partial charge on any atom is -0.456 e. The van der Waals surface area contributed by atoms with Gasteiger partial charge in [-0.05, 0) is 94.1 Å². The van der Waals surface area contributed by atoms with Crippen LogP contribution in [-0.2, 0) is 4.79 Å². The number of esters is 1. The second kappa shape index (κ2) is 7.29. The van der Waals surface area contributed by atoms with E-state index in [1.54, 1.807) is 12.1 Å². The summed E-state index contributed by atoms with van der Waals surface area (Å²) in [7, 11) is 0. The van der Waals surface area contributed by atoms with Crippen molar-refractivity contribution in [1.82, 2.24) is 0 Å². The smallest absolute Gasteiger partial charge is 0.382 e. The molecule has 0 saturated heterocycles. The highest BCUT2D eigenvalue weighted by Gasteiger charge is 2.34. The fourth-order valence-corrected chi connectivity index (χ4v) is 2.84. The fourth-order valence-electron chi connectivity index (χ4n) is 1.67. The van der Waals surface area contributed by atoms with Crippen LogP contribution >= 0.6 is 45.2 Å². The zero-order valence-electron chi connectivity index (χ0n) is 12.2. The third-order valence-electron chi connectivity index (χ3n) is 2.81. The van der Waals surface area contributed by atoms with Gasteiger partial charge in [0.25, 0.3) is 0 Å². The lowest BCUT2D eigenvalue weighted by Crippen LogP contribution is -2.29. The molecule has 0 amide bonds. The van der Waals surface area contributed by atoms with E-state index in [0.29, 0.717) is 18.4 Å². The zero-order chi connectivity index (χ0) is 17.2. The Hall–Kier alpha value is -0.970. The first-order valence-corrected chi connectivity index (χ1v) is 8.66. The van der Waals surface area contributed by atoms with Crippen molar-refractivity contribution in [3.8, 4) is 17.2 Å². The van der Waals surface area contributed by atoms with Gasteiger partial charge in [0.2, 0.25) is 0 Å². The minimum absolute atomic E-state index is 0.0393. The topological polar surface area (TPSA) is 35.5 Å². The van der Waals surface area contributed by atoms with E-state index in [4.69, 9.17) is 4.74 Å². The first-order chi connectivity index (χ1) is 10.7. The second-order valence-corrected chi connectivity index (χ2v) is 7.21. The van der Waals surface area contributed by atoms with E-state index in [0.717, 1.165) is 12.7 Å². The van der Waals surface area contributed by atoms with Gasteiger partial charge in [-0.15, -0.1) is 0 Å². The summed E-state index contributed by atoms with van der Waals surface area (Å²) in [4.78, 5) is 11.1. The molecule has 0 unspecified atom stereocenters. The summed E-state index contributed by atoms with van der Waals surface area (Å²) in [6, 6.07) is 9.88. The van der Waals surface area contributed by atoms with Crippen molar-refractivity contribution in [2.45, 2.75) is 19.8 Å². The Labute approximate surface area is 159 Å².